The molecule has 0 saturated carbocycles. The number of hydrogen-bond acceptors (Lipinski definition) is 3. The second-order valence-electron chi connectivity index (χ2n) is 6.99. The van der Waals surface area contributed by atoms with Crippen LogP contribution in [-0.4, -0.2) is 17.0 Å². The summed E-state index contributed by atoms with van der Waals surface area (Å²) < 4.78 is 0. The summed E-state index contributed by atoms with van der Waals surface area (Å²) in [6.45, 7) is 11.0. The van der Waals surface area contributed by atoms with E-state index in [1.54, 1.807) is 23.9 Å². The SMILES string of the molecule is CSC(=NC(C)(C)CC(C)(C)C)Nc1ccc(C#N)cc1. The number of amidine groups is 1. The molecule has 0 aliphatic heterocycles. The predicted octanol–water partition coefficient (Wildman–Crippen LogP) is 4.90. The van der Waals surface area contributed by atoms with Crippen LogP contribution < -0.4 is 5.32 Å². The lowest BCUT2D eigenvalue weighted by Crippen LogP contribution is -2.27. The summed E-state index contributed by atoms with van der Waals surface area (Å²) in [5, 5.41) is 13.0. The van der Waals surface area contributed by atoms with Crippen LogP contribution in [0.3, 0.4) is 0 Å². The number of nitrogens with one attached hydrogen (secondary N) is 1. The summed E-state index contributed by atoms with van der Waals surface area (Å²) in [6, 6.07) is 9.54. The van der Waals surface area contributed by atoms with E-state index in [2.05, 4.69) is 46.0 Å². The third kappa shape index (κ3) is 6.68. The molecule has 1 aromatic carbocycles. The Morgan fingerprint density at radius 2 is 1.76 bits per heavy atom. The Morgan fingerprint density at radius 3 is 2.19 bits per heavy atom. The van der Waals surface area contributed by atoms with Crippen LogP contribution in [-0.2, 0) is 0 Å². The smallest absolute Gasteiger partial charge is 0.161 e. The summed E-state index contributed by atoms with van der Waals surface area (Å²) in [4.78, 5) is 4.85. The number of rotatable bonds is 3. The Kier molecular flexibility index (Phi) is 5.86. The largest absolute Gasteiger partial charge is 0.335 e. The van der Waals surface area contributed by atoms with Gasteiger partial charge in [0.25, 0.3) is 0 Å². The van der Waals surface area contributed by atoms with Gasteiger partial charge in [-0.25, -0.2) is 0 Å². The number of anilines is 1. The zero-order chi connectivity index (χ0) is 16.1. The van der Waals surface area contributed by atoms with Crippen molar-refractivity contribution in [2.45, 2.75) is 46.6 Å². The van der Waals surface area contributed by atoms with E-state index in [9.17, 15) is 0 Å². The lowest BCUT2D eigenvalue weighted by atomic mass is 9.82. The maximum Gasteiger partial charge on any atom is 0.161 e. The van der Waals surface area contributed by atoms with Crippen LogP contribution >= 0.6 is 11.8 Å². The fraction of sp³-hybridized carbons (Fsp3) is 0.529. The Labute approximate surface area is 132 Å². The zero-order valence-electron chi connectivity index (χ0n) is 13.8. The molecule has 0 spiro atoms. The van der Waals surface area contributed by atoms with Gasteiger partial charge in [-0.3, -0.25) is 4.99 Å². The highest BCUT2D eigenvalue weighted by Crippen LogP contribution is 2.30. The van der Waals surface area contributed by atoms with Crippen molar-refractivity contribution in [2.75, 3.05) is 11.6 Å². The summed E-state index contributed by atoms with van der Waals surface area (Å²) in [5.41, 5.74) is 1.74. The fourth-order valence-corrected chi connectivity index (χ4v) is 3.05. The van der Waals surface area contributed by atoms with Gasteiger partial charge in [0.2, 0.25) is 0 Å². The molecular weight excluding hydrogens is 278 g/mol. The van der Waals surface area contributed by atoms with E-state index in [0.29, 0.717) is 5.56 Å². The van der Waals surface area contributed by atoms with Gasteiger partial charge in [-0.15, -0.1) is 0 Å². The standard InChI is InChI=1S/C17H25N3S/c1-16(2,3)12-17(4,5)20-15(21-6)19-14-9-7-13(11-18)8-10-14/h7-10H,12H2,1-6H3,(H,19,20). The molecular formula is C17H25N3S. The fourth-order valence-electron chi connectivity index (χ4n) is 2.49. The van der Waals surface area contributed by atoms with Crippen molar-refractivity contribution in [1.29, 1.82) is 5.26 Å². The second kappa shape index (κ2) is 7.00. The molecule has 0 aromatic heterocycles. The van der Waals surface area contributed by atoms with E-state index in [1.807, 2.05) is 18.4 Å². The van der Waals surface area contributed by atoms with E-state index in [0.717, 1.165) is 17.3 Å². The Bertz CT molecular complexity index is 531. The first-order valence-corrected chi connectivity index (χ1v) is 8.29. The molecule has 0 fully saturated rings. The molecule has 1 N–H and O–H groups in total. The maximum absolute atomic E-state index is 8.82. The number of hydrogen-bond donors (Lipinski definition) is 1. The summed E-state index contributed by atoms with van der Waals surface area (Å²) in [5.74, 6) is 0. The van der Waals surface area contributed by atoms with E-state index < -0.39 is 0 Å². The van der Waals surface area contributed by atoms with Crippen molar-refractivity contribution >= 4 is 22.6 Å². The van der Waals surface area contributed by atoms with Crippen molar-refractivity contribution in [2.24, 2.45) is 10.4 Å². The summed E-state index contributed by atoms with van der Waals surface area (Å²) >= 11 is 1.60. The van der Waals surface area contributed by atoms with Gasteiger partial charge in [0.05, 0.1) is 17.2 Å². The van der Waals surface area contributed by atoms with Gasteiger partial charge in [0.15, 0.2) is 5.17 Å². The molecule has 0 aliphatic carbocycles. The highest BCUT2D eigenvalue weighted by atomic mass is 32.2. The van der Waals surface area contributed by atoms with Crippen molar-refractivity contribution in [1.82, 2.24) is 0 Å². The van der Waals surface area contributed by atoms with Gasteiger partial charge < -0.3 is 5.32 Å². The van der Waals surface area contributed by atoms with Crippen LogP contribution in [0.1, 0.15) is 46.6 Å². The van der Waals surface area contributed by atoms with Gasteiger partial charge in [-0.1, -0.05) is 32.5 Å². The van der Waals surface area contributed by atoms with E-state index in [-0.39, 0.29) is 11.0 Å². The predicted molar refractivity (Wildman–Crippen MR) is 93.9 cm³/mol. The average molecular weight is 303 g/mol. The summed E-state index contributed by atoms with van der Waals surface area (Å²) in [6.07, 6.45) is 3.03. The quantitative estimate of drug-likeness (QED) is 0.638. The Morgan fingerprint density at radius 1 is 1.19 bits per heavy atom. The molecule has 0 saturated heterocycles. The molecule has 0 atom stereocenters. The molecule has 114 valence electrons. The van der Waals surface area contributed by atoms with Crippen LogP contribution in [0, 0.1) is 16.7 Å². The van der Waals surface area contributed by atoms with Crippen LogP contribution in [0.25, 0.3) is 0 Å². The third-order valence-corrected chi connectivity index (χ3v) is 3.41. The van der Waals surface area contributed by atoms with Crippen molar-refractivity contribution in [3.05, 3.63) is 29.8 Å². The highest BCUT2D eigenvalue weighted by Gasteiger charge is 2.25. The van der Waals surface area contributed by atoms with Gasteiger partial charge in [0, 0.05) is 5.69 Å². The van der Waals surface area contributed by atoms with Gasteiger partial charge in [-0.05, 0) is 56.2 Å². The molecule has 3 nitrogen and oxygen atoms in total. The first kappa shape index (κ1) is 17.6. The van der Waals surface area contributed by atoms with Gasteiger partial charge in [-0.2, -0.15) is 5.26 Å². The van der Waals surface area contributed by atoms with E-state index >= 15 is 0 Å². The Hall–Kier alpha value is -1.47. The monoisotopic (exact) mass is 303 g/mol. The van der Waals surface area contributed by atoms with Crippen LogP contribution in [0.2, 0.25) is 0 Å². The molecule has 4 heteroatoms. The summed E-state index contributed by atoms with van der Waals surface area (Å²) in [7, 11) is 0. The first-order valence-electron chi connectivity index (χ1n) is 7.06. The third-order valence-electron chi connectivity index (χ3n) is 2.83. The van der Waals surface area contributed by atoms with Crippen LogP contribution in [0.5, 0.6) is 0 Å². The van der Waals surface area contributed by atoms with Crippen LogP contribution in [0.15, 0.2) is 29.3 Å². The van der Waals surface area contributed by atoms with Crippen molar-refractivity contribution in [3.63, 3.8) is 0 Å². The lowest BCUT2D eigenvalue weighted by Gasteiger charge is -2.29. The second-order valence-corrected chi connectivity index (χ2v) is 7.78. The molecule has 0 heterocycles. The number of thioether (sulfide) groups is 1. The van der Waals surface area contributed by atoms with Crippen LogP contribution in [0.4, 0.5) is 5.69 Å². The minimum atomic E-state index is -0.115. The molecule has 0 unspecified atom stereocenters. The minimum Gasteiger partial charge on any atom is -0.335 e. The molecule has 0 bridgehead atoms. The van der Waals surface area contributed by atoms with E-state index in [4.69, 9.17) is 10.3 Å². The lowest BCUT2D eigenvalue weighted by molar-refractivity contribution is 0.289. The number of nitrogens with zero attached hydrogens (tertiary/aromatic N) is 2. The maximum atomic E-state index is 8.82. The molecule has 0 radical (unpaired) electrons. The van der Waals surface area contributed by atoms with Gasteiger partial charge >= 0.3 is 0 Å². The Balaban J connectivity index is 2.86. The highest BCUT2D eigenvalue weighted by molar-refractivity contribution is 8.13. The molecule has 0 aliphatic rings. The van der Waals surface area contributed by atoms with Crippen molar-refractivity contribution in [3.8, 4) is 6.07 Å². The molecule has 0 amide bonds. The first-order chi connectivity index (χ1) is 9.65. The topological polar surface area (TPSA) is 48.2 Å². The normalized spacial score (nSPS) is 12.9. The average Bonchev–Trinajstić information content (AvgIpc) is 2.35. The number of nitriles is 1. The zero-order valence-corrected chi connectivity index (χ0v) is 14.6. The molecule has 21 heavy (non-hydrogen) atoms. The van der Waals surface area contributed by atoms with Gasteiger partial charge in [0.1, 0.15) is 0 Å². The molecule has 1 rings (SSSR count). The van der Waals surface area contributed by atoms with E-state index in [1.165, 1.54) is 0 Å². The number of benzene rings is 1. The minimum absolute atomic E-state index is 0.115. The number of aliphatic imine (C=N–C) groups is 1. The van der Waals surface area contributed by atoms with Crippen molar-refractivity contribution < 1.29 is 0 Å². The molecule has 1 aromatic rings.